The summed E-state index contributed by atoms with van der Waals surface area (Å²) in [4.78, 5) is 58.8. The molecular formula is C21H27N11O7S3. The predicted octanol–water partition coefficient (Wildman–Crippen LogP) is -1.04. The number of oxime groups is 1. The van der Waals surface area contributed by atoms with E-state index in [2.05, 4.69) is 40.2 Å². The number of nitrogens with zero attached hydrogens (tertiary/aromatic N) is 8. The number of aryl methyl sites for hydroxylation is 1. The Kier molecular flexibility index (Phi) is 10.7. The average molecular weight is 642 g/mol. The summed E-state index contributed by atoms with van der Waals surface area (Å²) in [6.07, 6.45) is 3.83. The summed E-state index contributed by atoms with van der Waals surface area (Å²) in [5.41, 5.74) is 11.0. The number of fused-ring (bicyclic) bond motifs is 1. The van der Waals surface area contributed by atoms with Crippen molar-refractivity contribution in [1.82, 2.24) is 39.8 Å². The fourth-order valence-electron chi connectivity index (χ4n) is 4.02. The molecule has 2 aromatic heterocycles. The molecule has 4 rings (SSSR count). The highest BCUT2D eigenvalue weighted by atomic mass is 32.2. The largest absolute Gasteiger partial charge is 0.479 e. The fourth-order valence-corrected chi connectivity index (χ4v) is 6.85. The lowest BCUT2D eigenvalue weighted by Crippen LogP contribution is -2.71. The molecule has 21 heteroatoms. The van der Waals surface area contributed by atoms with E-state index in [1.165, 1.54) is 23.5 Å². The summed E-state index contributed by atoms with van der Waals surface area (Å²) in [6, 6.07) is -1.08. The van der Waals surface area contributed by atoms with Gasteiger partial charge in [0, 0.05) is 29.6 Å². The van der Waals surface area contributed by atoms with Crippen molar-refractivity contribution in [3.05, 3.63) is 17.1 Å². The Labute approximate surface area is 250 Å². The first-order valence-electron chi connectivity index (χ1n) is 12.5. The Morgan fingerprint density at radius 2 is 2.00 bits per heavy atom. The molecule has 1 fully saturated rings. The van der Waals surface area contributed by atoms with Gasteiger partial charge in [-0.25, -0.2) is 14.3 Å². The van der Waals surface area contributed by atoms with Gasteiger partial charge in [0.15, 0.2) is 5.13 Å². The number of tetrazole rings is 1. The van der Waals surface area contributed by atoms with Crippen LogP contribution < -0.4 is 16.8 Å². The molecule has 18 nitrogen and oxygen atoms in total. The van der Waals surface area contributed by atoms with Gasteiger partial charge >= 0.3 is 11.9 Å². The number of thioether (sulfide) groups is 2. The second-order valence-corrected chi connectivity index (χ2v) is 11.7. The topological polar surface area (TPSA) is 267 Å². The monoisotopic (exact) mass is 641 g/mol. The molecule has 1 saturated heterocycles. The Morgan fingerprint density at radius 3 is 2.69 bits per heavy atom. The number of nitrogens with one attached hydrogen (secondary N) is 1. The van der Waals surface area contributed by atoms with Crippen LogP contribution in [0.4, 0.5) is 5.13 Å². The number of carbonyl (C=O) groups is 4. The van der Waals surface area contributed by atoms with Crippen LogP contribution in [-0.2, 0) is 30.6 Å². The number of nitrogens with two attached hydrogens (primary N) is 2. The minimum atomic E-state index is -1.33. The Hall–Kier alpha value is -3.82. The van der Waals surface area contributed by atoms with E-state index in [4.69, 9.17) is 16.6 Å². The van der Waals surface area contributed by atoms with Crippen LogP contribution in [0.2, 0.25) is 0 Å². The fraction of sp³-hybridized carbons (Fsp3) is 0.524. The third-order valence-electron chi connectivity index (χ3n) is 5.95. The number of aromatic nitrogens is 6. The van der Waals surface area contributed by atoms with Crippen LogP contribution in [0.5, 0.6) is 0 Å². The van der Waals surface area contributed by atoms with E-state index in [0.717, 1.165) is 42.1 Å². The summed E-state index contributed by atoms with van der Waals surface area (Å²) in [5, 5.41) is 36.4. The molecular weight excluding hydrogens is 615 g/mol. The number of carboxylic acids is 2. The summed E-state index contributed by atoms with van der Waals surface area (Å²) < 4.78 is 5.55. The van der Waals surface area contributed by atoms with Gasteiger partial charge in [0.25, 0.3) is 11.8 Å². The summed E-state index contributed by atoms with van der Waals surface area (Å²) >= 11 is 3.33. The smallest absolute Gasteiger partial charge is 0.352 e. The van der Waals surface area contributed by atoms with Crippen LogP contribution in [0.1, 0.15) is 31.5 Å². The van der Waals surface area contributed by atoms with Crippen LogP contribution in [0, 0.1) is 0 Å². The minimum Gasteiger partial charge on any atom is -0.479 e. The molecule has 1 unspecified atom stereocenters. The number of amides is 2. The molecule has 0 aromatic carbocycles. The van der Waals surface area contributed by atoms with Crippen molar-refractivity contribution >= 4 is 69.7 Å². The number of β-lactam (4-membered cyclic amide) rings is 1. The average Bonchev–Trinajstić information content (AvgIpc) is 3.60. The van der Waals surface area contributed by atoms with Gasteiger partial charge in [-0.3, -0.25) is 14.5 Å². The van der Waals surface area contributed by atoms with E-state index in [1.54, 1.807) is 4.68 Å². The number of carboxylic acid groups (broad SMARTS) is 2. The molecule has 0 aliphatic carbocycles. The first-order chi connectivity index (χ1) is 20.2. The molecule has 4 heterocycles. The second kappa shape index (κ2) is 14.4. The quantitative estimate of drug-likeness (QED) is 0.0481. The standard InChI is InChI=1S/C21H27N11O7S3/c22-5-3-1-2-4-6-31-21(26-29-30-31)41-9-10-8-40-18-13(17(36)32(18)14(10)19(37)38)24-16(35)12(27-39-7-11(33)34)15-25-20(23)42-28-15/h13,18H,1-9,22H2,(H,24,35)(H,33,34)(H,37,38)(H2,23,25,28)/b27-12-/t13?,18-/m1/s1. The number of hydrogen-bond donors (Lipinski definition) is 5. The van der Waals surface area contributed by atoms with Gasteiger partial charge in [-0.05, 0) is 35.4 Å². The number of anilines is 1. The SMILES string of the molecule is NCCCCCCn1nnnc1SCC1=C(C(=O)O)N2C(=O)C(NC(=O)/C(=N\OCC(=O)O)c3nsc(N)n3)[C@H]2SC1. The van der Waals surface area contributed by atoms with E-state index < -0.39 is 47.5 Å². The van der Waals surface area contributed by atoms with Crippen molar-refractivity contribution in [2.75, 3.05) is 30.4 Å². The maximum absolute atomic E-state index is 13.1. The maximum Gasteiger partial charge on any atom is 0.352 e. The van der Waals surface area contributed by atoms with Gasteiger partial charge in [-0.1, -0.05) is 29.8 Å². The Morgan fingerprint density at radius 1 is 1.21 bits per heavy atom. The number of carbonyl (C=O) groups excluding carboxylic acids is 2. The molecule has 2 atom stereocenters. The van der Waals surface area contributed by atoms with Crippen LogP contribution >= 0.6 is 35.1 Å². The van der Waals surface area contributed by atoms with Crippen molar-refractivity contribution in [3.63, 3.8) is 0 Å². The van der Waals surface area contributed by atoms with Crippen LogP contribution in [0.3, 0.4) is 0 Å². The van der Waals surface area contributed by atoms with Crippen molar-refractivity contribution < 1.29 is 34.2 Å². The van der Waals surface area contributed by atoms with E-state index in [1.807, 2.05) is 0 Å². The zero-order valence-electron chi connectivity index (χ0n) is 21.9. The Balaban J connectivity index is 1.42. The molecule has 7 N–H and O–H groups in total. The van der Waals surface area contributed by atoms with Crippen molar-refractivity contribution in [2.45, 2.75) is 48.8 Å². The third kappa shape index (κ3) is 7.33. The van der Waals surface area contributed by atoms with Crippen molar-refractivity contribution in [3.8, 4) is 0 Å². The maximum atomic E-state index is 13.1. The van der Waals surface area contributed by atoms with Gasteiger partial charge in [0.05, 0.1) is 0 Å². The van der Waals surface area contributed by atoms with E-state index in [0.29, 0.717) is 23.8 Å². The summed E-state index contributed by atoms with van der Waals surface area (Å²) in [7, 11) is 0. The van der Waals surface area contributed by atoms with E-state index >= 15 is 0 Å². The molecule has 2 amide bonds. The summed E-state index contributed by atoms with van der Waals surface area (Å²) in [5.74, 6) is -3.87. The third-order valence-corrected chi connectivity index (χ3v) is 8.87. The Bertz CT molecular complexity index is 1400. The van der Waals surface area contributed by atoms with E-state index in [9.17, 15) is 24.3 Å². The lowest BCUT2D eigenvalue weighted by atomic mass is 10.0. The minimum absolute atomic E-state index is 0.0237. The van der Waals surface area contributed by atoms with Gasteiger partial charge in [0.1, 0.15) is 17.1 Å². The van der Waals surface area contributed by atoms with Crippen LogP contribution in [0.25, 0.3) is 0 Å². The lowest BCUT2D eigenvalue weighted by molar-refractivity contribution is -0.150. The molecule has 0 radical (unpaired) electrons. The molecule has 2 aliphatic rings. The predicted molar refractivity (Wildman–Crippen MR) is 150 cm³/mol. The number of hydrogen-bond acceptors (Lipinski definition) is 16. The highest BCUT2D eigenvalue weighted by Crippen LogP contribution is 2.41. The van der Waals surface area contributed by atoms with Gasteiger partial charge < -0.3 is 31.8 Å². The van der Waals surface area contributed by atoms with Gasteiger partial charge in [-0.2, -0.15) is 9.36 Å². The van der Waals surface area contributed by atoms with Crippen LogP contribution in [0.15, 0.2) is 21.6 Å². The second-order valence-electron chi connectivity index (χ2n) is 8.86. The van der Waals surface area contributed by atoms with Gasteiger partial charge in [-0.15, -0.1) is 16.9 Å². The zero-order valence-corrected chi connectivity index (χ0v) is 24.4. The zero-order chi connectivity index (χ0) is 30.2. The number of nitrogen functional groups attached to an aromatic ring is 1. The first kappa shape index (κ1) is 31.1. The van der Waals surface area contributed by atoms with Crippen molar-refractivity contribution in [1.29, 1.82) is 0 Å². The summed E-state index contributed by atoms with van der Waals surface area (Å²) in [6.45, 7) is 0.430. The molecule has 2 aromatic rings. The molecule has 0 saturated carbocycles. The number of aliphatic carboxylic acids is 2. The number of rotatable bonds is 16. The molecule has 0 spiro atoms. The van der Waals surface area contributed by atoms with Gasteiger partial charge in [0.2, 0.25) is 23.3 Å². The molecule has 2 aliphatic heterocycles. The normalized spacial score (nSPS) is 18.5. The molecule has 0 bridgehead atoms. The lowest BCUT2D eigenvalue weighted by Gasteiger charge is -2.49. The van der Waals surface area contributed by atoms with Crippen molar-refractivity contribution in [2.24, 2.45) is 10.9 Å². The molecule has 42 heavy (non-hydrogen) atoms. The number of unbranched alkanes of at least 4 members (excludes halogenated alkanes) is 3. The van der Waals surface area contributed by atoms with E-state index in [-0.39, 0.29) is 28.2 Å². The van der Waals surface area contributed by atoms with Crippen LogP contribution in [-0.4, -0.2) is 110 Å². The highest BCUT2D eigenvalue weighted by Gasteiger charge is 2.54. The highest BCUT2D eigenvalue weighted by molar-refractivity contribution is 8.01. The molecule has 226 valence electrons. The first-order valence-corrected chi connectivity index (χ1v) is 15.3.